The minimum atomic E-state index is -4.97. The highest BCUT2D eigenvalue weighted by atomic mass is 79.9. The minimum Gasteiger partial charge on any atom is -0.404 e. The molecular formula is C7H4BrClF3NO3S. The maximum Gasteiger partial charge on any atom is 0.573 e. The van der Waals surface area contributed by atoms with Crippen molar-refractivity contribution in [3.8, 4) is 5.75 Å². The third kappa shape index (κ3) is 3.93. The lowest BCUT2D eigenvalue weighted by molar-refractivity contribution is -0.275. The molecule has 0 aliphatic carbocycles. The van der Waals surface area contributed by atoms with Gasteiger partial charge in [0.1, 0.15) is 10.6 Å². The average molecular weight is 355 g/mol. The van der Waals surface area contributed by atoms with Crippen LogP contribution in [0.3, 0.4) is 0 Å². The van der Waals surface area contributed by atoms with Crippen molar-refractivity contribution in [2.75, 3.05) is 5.73 Å². The Bertz CT molecular complexity index is 546. The standard InChI is InChI=1S/C7H4BrClF3NO3S/c8-6-4(16-7(10,11)12)1-3(13)2-5(6)17(9,14)15/h1-2H,13H2. The summed E-state index contributed by atoms with van der Waals surface area (Å²) in [5, 5.41) is 0. The van der Waals surface area contributed by atoms with Gasteiger partial charge in [-0.2, -0.15) is 0 Å². The SMILES string of the molecule is Nc1cc(OC(F)(F)F)c(Br)c(S(=O)(=O)Cl)c1. The number of anilines is 1. The highest BCUT2D eigenvalue weighted by molar-refractivity contribution is 9.10. The molecule has 96 valence electrons. The summed E-state index contributed by atoms with van der Waals surface area (Å²) >= 11 is 2.66. The number of benzene rings is 1. The van der Waals surface area contributed by atoms with E-state index in [-0.39, 0.29) is 5.69 Å². The summed E-state index contributed by atoms with van der Waals surface area (Å²) in [5.41, 5.74) is 5.02. The van der Waals surface area contributed by atoms with E-state index in [2.05, 4.69) is 20.7 Å². The Kier molecular flexibility index (Phi) is 3.84. The van der Waals surface area contributed by atoms with Crippen molar-refractivity contribution in [1.82, 2.24) is 0 Å². The van der Waals surface area contributed by atoms with Gasteiger partial charge >= 0.3 is 6.36 Å². The van der Waals surface area contributed by atoms with E-state index in [0.29, 0.717) is 0 Å². The summed E-state index contributed by atoms with van der Waals surface area (Å²) < 4.78 is 61.3. The van der Waals surface area contributed by atoms with Crippen molar-refractivity contribution < 1.29 is 26.3 Å². The quantitative estimate of drug-likeness (QED) is 0.655. The maximum absolute atomic E-state index is 12.0. The fourth-order valence-corrected chi connectivity index (χ4v) is 3.15. The van der Waals surface area contributed by atoms with E-state index in [0.717, 1.165) is 12.1 Å². The van der Waals surface area contributed by atoms with Crippen LogP contribution in [0.25, 0.3) is 0 Å². The van der Waals surface area contributed by atoms with Crippen LogP contribution >= 0.6 is 26.6 Å². The molecule has 1 rings (SSSR count). The zero-order chi connectivity index (χ0) is 13.4. The Morgan fingerprint density at radius 1 is 1.35 bits per heavy atom. The highest BCUT2D eigenvalue weighted by Crippen LogP contribution is 2.38. The third-order valence-corrected chi connectivity index (χ3v) is 3.94. The molecule has 0 aliphatic rings. The zero-order valence-electron chi connectivity index (χ0n) is 7.75. The highest BCUT2D eigenvalue weighted by Gasteiger charge is 2.33. The number of alkyl halides is 3. The van der Waals surface area contributed by atoms with E-state index in [1.54, 1.807) is 0 Å². The molecule has 1 aromatic carbocycles. The molecule has 1 aromatic rings. The second-order valence-corrected chi connectivity index (χ2v) is 6.14. The van der Waals surface area contributed by atoms with Crippen LogP contribution in [0.2, 0.25) is 0 Å². The largest absolute Gasteiger partial charge is 0.573 e. The third-order valence-electron chi connectivity index (χ3n) is 1.52. The summed E-state index contributed by atoms with van der Waals surface area (Å²) in [6, 6.07) is 1.73. The molecule has 0 saturated heterocycles. The summed E-state index contributed by atoms with van der Waals surface area (Å²) in [6.45, 7) is 0. The maximum atomic E-state index is 12.0. The van der Waals surface area contributed by atoms with Gasteiger partial charge in [-0.05, 0) is 22.0 Å². The fourth-order valence-electron chi connectivity index (χ4n) is 0.969. The van der Waals surface area contributed by atoms with E-state index in [9.17, 15) is 21.6 Å². The average Bonchev–Trinajstić information content (AvgIpc) is 2.06. The normalized spacial score (nSPS) is 12.5. The van der Waals surface area contributed by atoms with E-state index >= 15 is 0 Å². The van der Waals surface area contributed by atoms with Crippen molar-refractivity contribution in [1.29, 1.82) is 0 Å². The van der Waals surface area contributed by atoms with Gasteiger partial charge in [-0.3, -0.25) is 0 Å². The van der Waals surface area contributed by atoms with Gasteiger partial charge in [0.15, 0.2) is 0 Å². The molecule has 0 atom stereocenters. The molecule has 0 unspecified atom stereocenters. The van der Waals surface area contributed by atoms with Gasteiger partial charge in [0.05, 0.1) is 4.47 Å². The van der Waals surface area contributed by atoms with Crippen molar-refractivity contribution in [2.45, 2.75) is 11.3 Å². The number of rotatable bonds is 2. The molecule has 0 aromatic heterocycles. The molecule has 0 spiro atoms. The molecule has 0 bridgehead atoms. The summed E-state index contributed by atoms with van der Waals surface area (Å²) in [7, 11) is 0.793. The Morgan fingerprint density at radius 2 is 1.88 bits per heavy atom. The lowest BCUT2D eigenvalue weighted by Crippen LogP contribution is -2.18. The molecule has 0 aliphatic heterocycles. The second kappa shape index (κ2) is 4.54. The lowest BCUT2D eigenvalue weighted by atomic mass is 10.3. The number of ether oxygens (including phenoxy) is 1. The molecule has 2 N–H and O–H groups in total. The van der Waals surface area contributed by atoms with Crippen LogP contribution in [-0.4, -0.2) is 14.8 Å². The monoisotopic (exact) mass is 353 g/mol. The summed E-state index contributed by atoms with van der Waals surface area (Å²) in [5.74, 6) is -0.781. The predicted octanol–water partition coefficient (Wildman–Crippen LogP) is 2.86. The van der Waals surface area contributed by atoms with Crippen LogP contribution in [0.15, 0.2) is 21.5 Å². The van der Waals surface area contributed by atoms with Crippen LogP contribution in [0.4, 0.5) is 18.9 Å². The fraction of sp³-hybridized carbons (Fsp3) is 0.143. The first-order valence-electron chi connectivity index (χ1n) is 3.80. The van der Waals surface area contributed by atoms with E-state index in [1.165, 1.54) is 0 Å². The zero-order valence-corrected chi connectivity index (χ0v) is 10.9. The molecular weight excluding hydrogens is 350 g/mol. The Balaban J connectivity index is 3.40. The van der Waals surface area contributed by atoms with Crippen LogP contribution < -0.4 is 10.5 Å². The lowest BCUT2D eigenvalue weighted by Gasteiger charge is -2.12. The van der Waals surface area contributed by atoms with Gasteiger partial charge in [-0.25, -0.2) is 8.42 Å². The van der Waals surface area contributed by atoms with Crippen molar-refractivity contribution in [3.05, 3.63) is 16.6 Å². The summed E-state index contributed by atoms with van der Waals surface area (Å²) in [4.78, 5) is -0.599. The van der Waals surface area contributed by atoms with Gasteiger partial charge in [0.2, 0.25) is 0 Å². The van der Waals surface area contributed by atoms with E-state index in [1.807, 2.05) is 0 Å². The Morgan fingerprint density at radius 3 is 2.29 bits per heavy atom. The molecule has 0 heterocycles. The van der Waals surface area contributed by atoms with Gasteiger partial charge in [0.25, 0.3) is 9.05 Å². The van der Waals surface area contributed by atoms with Crippen molar-refractivity contribution in [2.24, 2.45) is 0 Å². The van der Waals surface area contributed by atoms with Crippen molar-refractivity contribution >= 4 is 41.4 Å². The number of nitrogen functional groups attached to an aromatic ring is 1. The second-order valence-electron chi connectivity index (χ2n) is 2.82. The molecule has 0 radical (unpaired) electrons. The van der Waals surface area contributed by atoms with E-state index < -0.39 is 30.5 Å². The van der Waals surface area contributed by atoms with Gasteiger partial charge in [-0.1, -0.05) is 0 Å². The predicted molar refractivity (Wildman–Crippen MR) is 58.3 cm³/mol. The first kappa shape index (κ1) is 14.4. The molecule has 0 amide bonds. The molecule has 0 saturated carbocycles. The number of halogens is 5. The van der Waals surface area contributed by atoms with Crippen LogP contribution in [0.5, 0.6) is 5.75 Å². The first-order valence-corrected chi connectivity index (χ1v) is 6.90. The summed E-state index contributed by atoms with van der Waals surface area (Å²) in [6.07, 6.45) is -4.97. The molecule has 0 fully saturated rings. The Hall–Kier alpha value is -0.670. The van der Waals surface area contributed by atoms with Crippen LogP contribution in [0, 0.1) is 0 Å². The van der Waals surface area contributed by atoms with Gasteiger partial charge in [-0.15, -0.1) is 13.2 Å². The number of nitrogens with two attached hydrogens (primary N) is 1. The van der Waals surface area contributed by atoms with Crippen LogP contribution in [0.1, 0.15) is 0 Å². The number of hydrogen-bond donors (Lipinski definition) is 1. The Labute approximate surface area is 107 Å². The molecule has 10 heteroatoms. The number of hydrogen-bond acceptors (Lipinski definition) is 4. The van der Waals surface area contributed by atoms with E-state index in [4.69, 9.17) is 16.4 Å². The minimum absolute atomic E-state index is 0.230. The van der Waals surface area contributed by atoms with Gasteiger partial charge in [0, 0.05) is 22.4 Å². The van der Waals surface area contributed by atoms with Gasteiger partial charge < -0.3 is 10.5 Å². The first-order chi connectivity index (χ1) is 7.50. The molecule has 4 nitrogen and oxygen atoms in total. The van der Waals surface area contributed by atoms with Crippen LogP contribution in [-0.2, 0) is 9.05 Å². The van der Waals surface area contributed by atoms with Crippen molar-refractivity contribution in [3.63, 3.8) is 0 Å². The topological polar surface area (TPSA) is 69.4 Å². The molecule has 17 heavy (non-hydrogen) atoms. The smallest absolute Gasteiger partial charge is 0.404 e.